The van der Waals surface area contributed by atoms with Crippen LogP contribution in [0.2, 0.25) is 4.34 Å². The monoisotopic (exact) mass is 526 g/mol. The first-order valence-electron chi connectivity index (χ1n) is 10.1. The molecule has 0 spiro atoms. The van der Waals surface area contributed by atoms with Crippen LogP contribution in [-0.2, 0) is 0 Å². The summed E-state index contributed by atoms with van der Waals surface area (Å²) in [5.41, 5.74) is 2.37. The summed E-state index contributed by atoms with van der Waals surface area (Å²) in [4.78, 5) is 4.06. The lowest BCUT2D eigenvalue weighted by molar-refractivity contribution is -0.545. The Bertz CT molecular complexity index is 1280. The number of nitrogens with zero attached hydrogens (tertiary/aromatic N) is 4. The van der Waals surface area contributed by atoms with Gasteiger partial charge >= 0.3 is 0 Å². The first kappa shape index (κ1) is 23.2. The molecule has 3 heterocycles. The molecule has 0 bridgehead atoms. The number of hydrogen-bond acceptors (Lipinski definition) is 10. The van der Waals surface area contributed by atoms with Gasteiger partial charge in [0.1, 0.15) is 10.0 Å². The van der Waals surface area contributed by atoms with E-state index in [1.165, 1.54) is 31.6 Å². The van der Waals surface area contributed by atoms with Crippen molar-refractivity contribution >= 4 is 39.6 Å². The fourth-order valence-electron chi connectivity index (χ4n) is 3.57. The van der Waals surface area contributed by atoms with Crippen molar-refractivity contribution in [1.29, 1.82) is 0 Å². The number of quaternary nitrogens is 1. The van der Waals surface area contributed by atoms with Gasteiger partial charge in [0.25, 0.3) is 17.4 Å². The van der Waals surface area contributed by atoms with Gasteiger partial charge < -0.3 is 23.7 Å². The third-order valence-corrected chi connectivity index (χ3v) is 6.48. The number of alkyl halides is 2. The Morgan fingerprint density at radius 1 is 1.06 bits per heavy atom. The van der Waals surface area contributed by atoms with Crippen LogP contribution in [0.3, 0.4) is 0 Å². The van der Waals surface area contributed by atoms with E-state index in [0.717, 1.165) is 11.3 Å². The zero-order valence-corrected chi connectivity index (χ0v) is 20.2. The maximum absolute atomic E-state index is 13.4. The number of ether oxygens (including phenoxy) is 5. The Morgan fingerprint density at radius 3 is 2.40 bits per heavy atom. The maximum Gasteiger partial charge on any atom is 0.282 e. The number of hydrazone groups is 1. The number of benzene rings is 2. The fourth-order valence-corrected chi connectivity index (χ4v) is 4.67. The molecule has 35 heavy (non-hydrogen) atoms. The Balaban J connectivity index is 1.61. The molecule has 0 aliphatic carbocycles. The van der Waals surface area contributed by atoms with Gasteiger partial charge in [0.15, 0.2) is 23.0 Å². The number of halogens is 3. The number of fused-ring (bicyclic) bond motifs is 1. The zero-order chi connectivity index (χ0) is 24.7. The van der Waals surface area contributed by atoms with E-state index in [0.29, 0.717) is 45.8 Å². The van der Waals surface area contributed by atoms with Crippen molar-refractivity contribution in [3.63, 3.8) is 0 Å². The van der Waals surface area contributed by atoms with Crippen molar-refractivity contribution < 1.29 is 37.9 Å². The quantitative estimate of drug-likeness (QED) is 0.467. The van der Waals surface area contributed by atoms with Crippen molar-refractivity contribution in [2.24, 2.45) is 5.10 Å². The number of methoxy groups -OCH3 is 3. The Labute approximate surface area is 207 Å². The first-order valence-corrected chi connectivity index (χ1v) is 11.3. The van der Waals surface area contributed by atoms with Gasteiger partial charge in [-0.15, -0.1) is 5.12 Å². The molecule has 10 nitrogen and oxygen atoms in total. The zero-order valence-electron chi connectivity index (χ0n) is 18.6. The molecule has 2 N–H and O–H groups in total. The molecule has 0 saturated carbocycles. The smallest absolute Gasteiger partial charge is 0.282 e. The average molecular weight is 527 g/mol. The molecule has 0 atom stereocenters. The summed E-state index contributed by atoms with van der Waals surface area (Å²) >= 11 is 6.96. The van der Waals surface area contributed by atoms with Crippen LogP contribution in [0.1, 0.15) is 17.7 Å². The lowest BCUT2D eigenvalue weighted by atomic mass is 10.2. The normalized spacial score (nSPS) is 14.5. The molecule has 2 aliphatic heterocycles. The number of thiazole rings is 1. The number of nitrogens with two attached hydrogens (primary N) is 1. The predicted octanol–water partition coefficient (Wildman–Crippen LogP) is 3.57. The Morgan fingerprint density at radius 2 is 1.77 bits per heavy atom. The second kappa shape index (κ2) is 9.24. The standard InChI is InChI=1S/C21H18ClF2N5O5S/c1-30-14-7-11(8-15(31-2)17(14)32-3)28-26-20(10-4-5-12-13(6-10)34-9-33-12)27-29(28)21-25-16(19(23)24)18(22)35-21/h4-8,19H,9H2,1-3H3,(H,26,27)/p+1. The van der Waals surface area contributed by atoms with Gasteiger partial charge in [0.05, 0.1) is 32.6 Å². The fraction of sp³-hybridized carbons (Fsp3) is 0.238. The van der Waals surface area contributed by atoms with E-state index in [1.54, 1.807) is 29.7 Å². The molecule has 2 aromatic carbocycles. The van der Waals surface area contributed by atoms with Crippen molar-refractivity contribution in [3.05, 3.63) is 45.9 Å². The van der Waals surface area contributed by atoms with E-state index in [-0.39, 0.29) is 16.3 Å². The van der Waals surface area contributed by atoms with Crippen molar-refractivity contribution in [1.82, 2.24) is 4.98 Å². The van der Waals surface area contributed by atoms with Crippen LogP contribution in [0.4, 0.5) is 19.6 Å². The molecule has 0 amide bonds. The Hall–Kier alpha value is -3.55. The van der Waals surface area contributed by atoms with Crippen LogP contribution in [-0.4, -0.2) is 38.9 Å². The molecule has 3 aromatic rings. The van der Waals surface area contributed by atoms with E-state index in [9.17, 15) is 8.78 Å². The summed E-state index contributed by atoms with van der Waals surface area (Å²) in [5.74, 6) is 2.89. The topological polar surface area (TPSA) is 94.5 Å². The average Bonchev–Trinajstić information content (AvgIpc) is 3.60. The van der Waals surface area contributed by atoms with E-state index >= 15 is 0 Å². The van der Waals surface area contributed by atoms with Gasteiger partial charge in [-0.25, -0.2) is 13.8 Å². The van der Waals surface area contributed by atoms with Crippen molar-refractivity contribution in [2.75, 3.05) is 38.4 Å². The highest BCUT2D eigenvalue weighted by Crippen LogP contribution is 2.43. The van der Waals surface area contributed by atoms with Gasteiger partial charge in [-0.05, 0) is 18.2 Å². The summed E-state index contributed by atoms with van der Waals surface area (Å²) in [6, 6.07) is 8.73. The number of hydrogen-bond donors (Lipinski definition) is 1. The molecular weight excluding hydrogens is 508 g/mol. The minimum atomic E-state index is -2.82. The van der Waals surface area contributed by atoms with E-state index in [4.69, 9.17) is 40.4 Å². The molecule has 184 valence electrons. The molecule has 0 unspecified atom stereocenters. The molecule has 2 aliphatic rings. The molecule has 14 heteroatoms. The Kier molecular flexibility index (Phi) is 6.13. The van der Waals surface area contributed by atoms with Crippen molar-refractivity contribution in [3.8, 4) is 28.7 Å². The molecule has 5 rings (SSSR count). The van der Waals surface area contributed by atoms with Crippen LogP contribution < -0.4 is 39.3 Å². The van der Waals surface area contributed by atoms with Crippen LogP contribution in [0, 0.1) is 0 Å². The summed E-state index contributed by atoms with van der Waals surface area (Å²) in [6.45, 7) is 0.132. The third-order valence-electron chi connectivity index (χ3n) is 5.20. The second-order valence-corrected chi connectivity index (χ2v) is 8.74. The number of anilines is 2. The SMILES string of the molecule is COc1cc(N2N=C(c3ccc4c(c3)OCO4)[NH2+]N2c2nc(C(F)F)c(Cl)s2)cc(OC)c1OC. The number of hydrazine groups is 1. The van der Waals surface area contributed by atoms with Gasteiger partial charge in [0, 0.05) is 12.1 Å². The summed E-state index contributed by atoms with van der Waals surface area (Å²) in [5, 5.41) is 7.90. The predicted molar refractivity (Wildman–Crippen MR) is 124 cm³/mol. The largest absolute Gasteiger partial charge is 0.493 e. The highest BCUT2D eigenvalue weighted by Gasteiger charge is 2.36. The minimum absolute atomic E-state index is 0.107. The van der Waals surface area contributed by atoms with Gasteiger partial charge in [-0.1, -0.05) is 33.2 Å². The van der Waals surface area contributed by atoms with E-state index < -0.39 is 12.1 Å². The highest BCUT2D eigenvalue weighted by molar-refractivity contribution is 7.19. The second-order valence-electron chi connectivity index (χ2n) is 7.16. The highest BCUT2D eigenvalue weighted by atomic mass is 35.5. The van der Waals surface area contributed by atoms with Crippen LogP contribution in [0.25, 0.3) is 0 Å². The first-order chi connectivity index (χ1) is 16.9. The third kappa shape index (κ3) is 4.11. The molecule has 0 saturated heterocycles. The van der Waals surface area contributed by atoms with Crippen LogP contribution in [0.5, 0.6) is 28.7 Å². The number of rotatable bonds is 7. The van der Waals surface area contributed by atoms with Crippen LogP contribution in [0.15, 0.2) is 35.4 Å². The lowest BCUT2D eigenvalue weighted by Gasteiger charge is -2.23. The van der Waals surface area contributed by atoms with Gasteiger partial charge in [-0.2, -0.15) is 5.43 Å². The molecule has 1 aromatic heterocycles. The summed E-state index contributed by atoms with van der Waals surface area (Å²) in [7, 11) is 4.48. The van der Waals surface area contributed by atoms with Gasteiger partial charge in [-0.3, -0.25) is 0 Å². The number of aromatic nitrogens is 1. The van der Waals surface area contributed by atoms with E-state index in [2.05, 4.69) is 4.98 Å². The molecular formula is C21H19ClF2N5O5S+. The maximum atomic E-state index is 13.4. The van der Waals surface area contributed by atoms with Crippen LogP contribution >= 0.6 is 22.9 Å². The van der Waals surface area contributed by atoms with Crippen molar-refractivity contribution in [2.45, 2.75) is 6.43 Å². The molecule has 0 fully saturated rings. The minimum Gasteiger partial charge on any atom is -0.493 e. The number of amidine groups is 1. The van der Waals surface area contributed by atoms with Gasteiger partial charge in [0.2, 0.25) is 12.5 Å². The summed E-state index contributed by atoms with van der Waals surface area (Å²) in [6.07, 6.45) is -2.82. The summed E-state index contributed by atoms with van der Waals surface area (Å²) < 4.78 is 53.9. The van der Waals surface area contributed by atoms with E-state index in [1.807, 2.05) is 6.07 Å². The molecule has 0 radical (unpaired) electrons. The lowest BCUT2D eigenvalue weighted by Crippen LogP contribution is -2.96.